The Morgan fingerprint density at radius 1 is 1.12 bits per heavy atom. The number of β-amino-alcohol motifs (C(OH)–C–C–N with tert-alkyl or cyclic N) is 1. The molecule has 1 aliphatic carbocycles. The lowest BCUT2D eigenvalue weighted by Gasteiger charge is -2.35. The van der Waals surface area contributed by atoms with Gasteiger partial charge in [-0.2, -0.15) is 0 Å². The summed E-state index contributed by atoms with van der Waals surface area (Å²) in [6.45, 7) is 8.55. The van der Waals surface area contributed by atoms with Crippen LogP contribution < -0.4 is 10.2 Å². The molecule has 0 radical (unpaired) electrons. The number of rotatable bonds is 8. The van der Waals surface area contributed by atoms with Gasteiger partial charge in [0.2, 0.25) is 17.7 Å². The van der Waals surface area contributed by atoms with Gasteiger partial charge < -0.3 is 25.1 Å². The van der Waals surface area contributed by atoms with E-state index in [2.05, 4.69) is 30.5 Å². The molecule has 2 saturated heterocycles. The third-order valence-electron chi connectivity index (χ3n) is 7.85. The number of anilines is 1. The normalized spacial score (nSPS) is 22.4. The van der Waals surface area contributed by atoms with Gasteiger partial charge in [0.1, 0.15) is 17.9 Å². The fourth-order valence-corrected chi connectivity index (χ4v) is 5.53. The second-order valence-corrected chi connectivity index (χ2v) is 12.0. The minimum atomic E-state index is -0.815. The summed E-state index contributed by atoms with van der Waals surface area (Å²) < 4.78 is 1.61. The molecule has 2 unspecified atom stereocenters. The third-order valence-corrected chi connectivity index (χ3v) is 7.85. The van der Waals surface area contributed by atoms with E-state index in [0.29, 0.717) is 32.1 Å². The van der Waals surface area contributed by atoms with Crippen molar-refractivity contribution < 1.29 is 19.5 Å². The molecule has 1 saturated carbocycles. The van der Waals surface area contributed by atoms with Crippen molar-refractivity contribution in [3.05, 3.63) is 30.5 Å². The predicted octanol–water partition coefficient (Wildman–Crippen LogP) is 0.350. The second kappa shape index (κ2) is 11.5. The molecule has 4 heterocycles. The van der Waals surface area contributed by atoms with Crippen molar-refractivity contribution in [2.45, 2.75) is 70.6 Å². The highest BCUT2D eigenvalue weighted by Crippen LogP contribution is 2.40. The summed E-state index contributed by atoms with van der Waals surface area (Å²) in [6.07, 6.45) is 8.49. The second-order valence-electron chi connectivity index (χ2n) is 12.0. The Bertz CT molecular complexity index is 1200. The van der Waals surface area contributed by atoms with Crippen LogP contribution in [0.4, 0.5) is 5.82 Å². The van der Waals surface area contributed by atoms with Crippen molar-refractivity contribution in [3.8, 4) is 0 Å². The van der Waals surface area contributed by atoms with Crippen LogP contribution in [0, 0.1) is 5.41 Å². The van der Waals surface area contributed by atoms with Gasteiger partial charge in [-0.05, 0) is 18.3 Å². The molecule has 0 spiro atoms. The quantitative estimate of drug-likeness (QED) is 0.472. The summed E-state index contributed by atoms with van der Waals surface area (Å²) in [5.41, 5.74) is 0.390. The number of hydrogen-bond donors (Lipinski definition) is 2. The molecule has 40 heavy (non-hydrogen) atoms. The smallest absolute Gasteiger partial charge is 0.248 e. The third kappa shape index (κ3) is 6.24. The molecule has 13 heteroatoms. The summed E-state index contributed by atoms with van der Waals surface area (Å²) in [4.78, 5) is 53.6. The fourth-order valence-electron chi connectivity index (χ4n) is 5.53. The van der Waals surface area contributed by atoms with E-state index in [4.69, 9.17) is 0 Å². The maximum absolute atomic E-state index is 13.8. The number of likely N-dealkylation sites (tertiary alicyclic amines) is 1. The molecule has 216 valence electrons. The molecule has 0 bridgehead atoms. The van der Waals surface area contributed by atoms with E-state index in [1.165, 1.54) is 4.90 Å². The number of nitrogens with zero attached hydrogens (tertiary/aromatic N) is 8. The molecule has 2 aliphatic heterocycles. The molecule has 3 atom stereocenters. The molecule has 2 aromatic heterocycles. The van der Waals surface area contributed by atoms with E-state index in [1.54, 1.807) is 28.2 Å². The molecule has 2 aromatic rings. The highest BCUT2D eigenvalue weighted by Gasteiger charge is 2.45. The van der Waals surface area contributed by atoms with Crippen LogP contribution in [-0.4, -0.2) is 109 Å². The minimum absolute atomic E-state index is 0.0380. The van der Waals surface area contributed by atoms with Crippen LogP contribution in [0.2, 0.25) is 0 Å². The van der Waals surface area contributed by atoms with Crippen LogP contribution in [0.5, 0.6) is 0 Å². The van der Waals surface area contributed by atoms with Crippen LogP contribution >= 0.6 is 0 Å². The van der Waals surface area contributed by atoms with Crippen molar-refractivity contribution in [3.63, 3.8) is 0 Å². The van der Waals surface area contributed by atoms with Gasteiger partial charge in [0.05, 0.1) is 18.0 Å². The van der Waals surface area contributed by atoms with Gasteiger partial charge in [-0.1, -0.05) is 26.0 Å². The lowest BCUT2D eigenvalue weighted by Crippen LogP contribution is -2.51. The van der Waals surface area contributed by atoms with E-state index in [1.807, 2.05) is 27.0 Å². The average Bonchev–Trinajstić information content (AvgIpc) is 3.54. The zero-order valence-electron chi connectivity index (χ0n) is 23.4. The van der Waals surface area contributed by atoms with Crippen LogP contribution in [0.15, 0.2) is 24.8 Å². The molecular weight excluding hydrogens is 514 g/mol. The van der Waals surface area contributed by atoms with E-state index >= 15 is 0 Å². The van der Waals surface area contributed by atoms with Gasteiger partial charge in [0.25, 0.3) is 0 Å². The standard InChI is InChI=1S/C27H39N9O4/c1-27(2,3)24(36-17-20(31-32-36)18-4-5-18)26(40)35-16-19(37)14-21(35)25(39)30-7-6-23(38)34-12-10-33(11-13-34)22-15-28-8-9-29-22/h8-9,15,17-19,21,24,37H,4-7,10-14,16H2,1-3H3,(H,30,39)/t19?,21?,24-/m1/s1. The van der Waals surface area contributed by atoms with Gasteiger partial charge in [0, 0.05) is 76.6 Å². The number of piperazine rings is 1. The first-order chi connectivity index (χ1) is 19.1. The monoisotopic (exact) mass is 553 g/mol. The van der Waals surface area contributed by atoms with E-state index in [-0.39, 0.29) is 43.7 Å². The number of nitrogens with one attached hydrogen (secondary N) is 1. The van der Waals surface area contributed by atoms with Gasteiger partial charge in [-0.15, -0.1) is 5.10 Å². The average molecular weight is 554 g/mol. The van der Waals surface area contributed by atoms with E-state index in [9.17, 15) is 19.5 Å². The minimum Gasteiger partial charge on any atom is -0.391 e. The topological polar surface area (TPSA) is 150 Å². The molecule has 3 aliphatic rings. The largest absolute Gasteiger partial charge is 0.391 e. The van der Waals surface area contributed by atoms with Crippen LogP contribution in [-0.2, 0) is 14.4 Å². The molecule has 3 fully saturated rings. The van der Waals surface area contributed by atoms with Gasteiger partial charge in [-0.25, -0.2) is 9.67 Å². The summed E-state index contributed by atoms with van der Waals surface area (Å²) >= 11 is 0. The molecule has 2 N–H and O–H groups in total. The van der Waals surface area contributed by atoms with Gasteiger partial charge in [-0.3, -0.25) is 19.4 Å². The Hall–Kier alpha value is -3.61. The Morgan fingerprint density at radius 2 is 1.88 bits per heavy atom. The number of amides is 3. The Kier molecular flexibility index (Phi) is 8.02. The number of hydrogen-bond acceptors (Lipinski definition) is 9. The maximum atomic E-state index is 13.8. The Morgan fingerprint density at radius 3 is 2.52 bits per heavy atom. The molecular formula is C27H39N9O4. The first-order valence-electron chi connectivity index (χ1n) is 14.1. The first-order valence-corrected chi connectivity index (χ1v) is 14.1. The van der Waals surface area contributed by atoms with Crippen molar-refractivity contribution in [1.29, 1.82) is 0 Å². The maximum Gasteiger partial charge on any atom is 0.248 e. The number of carbonyl (C=O) groups is 3. The lowest BCUT2D eigenvalue weighted by atomic mass is 9.85. The van der Waals surface area contributed by atoms with Gasteiger partial charge in [0.15, 0.2) is 0 Å². The Labute approximate surface area is 233 Å². The first kappa shape index (κ1) is 27.9. The fraction of sp³-hybridized carbons (Fsp3) is 0.667. The highest BCUT2D eigenvalue weighted by molar-refractivity contribution is 5.90. The van der Waals surface area contributed by atoms with Crippen molar-refractivity contribution in [1.82, 2.24) is 40.1 Å². The number of aromatic nitrogens is 5. The summed E-state index contributed by atoms with van der Waals surface area (Å²) in [6, 6.07) is -1.49. The highest BCUT2D eigenvalue weighted by atomic mass is 16.3. The molecule has 0 aromatic carbocycles. The van der Waals surface area contributed by atoms with Gasteiger partial charge >= 0.3 is 0 Å². The summed E-state index contributed by atoms with van der Waals surface area (Å²) in [5.74, 6) is 0.523. The lowest BCUT2D eigenvalue weighted by molar-refractivity contribution is -0.144. The van der Waals surface area contributed by atoms with Crippen molar-refractivity contribution in [2.75, 3.05) is 44.2 Å². The number of aliphatic hydroxyl groups excluding tert-OH is 1. The number of aliphatic hydroxyl groups is 1. The summed E-state index contributed by atoms with van der Waals surface area (Å²) in [7, 11) is 0. The Balaban J connectivity index is 1.15. The van der Waals surface area contributed by atoms with Crippen molar-refractivity contribution in [2.24, 2.45) is 5.41 Å². The van der Waals surface area contributed by atoms with E-state index in [0.717, 1.165) is 24.4 Å². The summed E-state index contributed by atoms with van der Waals surface area (Å²) in [5, 5.41) is 21.8. The molecule has 5 rings (SSSR count). The van der Waals surface area contributed by atoms with Crippen LogP contribution in [0.1, 0.15) is 64.1 Å². The SMILES string of the molecule is CC(C)(C)[C@@H](C(=O)N1CC(O)CC1C(=O)NCCC(=O)N1CCN(c2cnccn2)CC1)n1cc(C2CC2)nn1. The zero-order valence-corrected chi connectivity index (χ0v) is 23.4. The van der Waals surface area contributed by atoms with E-state index < -0.39 is 23.6 Å². The molecule has 13 nitrogen and oxygen atoms in total. The predicted molar refractivity (Wildman–Crippen MR) is 145 cm³/mol. The van der Waals surface area contributed by atoms with Crippen molar-refractivity contribution >= 4 is 23.5 Å². The zero-order chi connectivity index (χ0) is 28.4. The number of carbonyl (C=O) groups excluding carboxylic acids is 3. The molecule has 3 amide bonds. The van der Waals surface area contributed by atoms with Crippen LogP contribution in [0.3, 0.4) is 0 Å². The van der Waals surface area contributed by atoms with Crippen LogP contribution in [0.25, 0.3) is 0 Å².